The molecule has 0 saturated carbocycles. The molecular formula is C18H14F3N3O5S2. The average Bonchev–Trinajstić information content (AvgIpc) is 3.07. The molecule has 2 aromatic heterocycles. The van der Waals surface area contributed by atoms with E-state index in [1.54, 1.807) is 6.92 Å². The molecule has 164 valence electrons. The molecule has 0 radical (unpaired) electrons. The van der Waals surface area contributed by atoms with Gasteiger partial charge in [-0.25, -0.2) is 4.98 Å². The normalized spacial score (nSPS) is 11.9. The lowest BCUT2D eigenvalue weighted by atomic mass is 10.2. The summed E-state index contributed by atoms with van der Waals surface area (Å²) in [6.45, 7) is 1.85. The average molecular weight is 473 g/mol. The summed E-state index contributed by atoms with van der Waals surface area (Å²) in [5.41, 5.74) is -5.29. The van der Waals surface area contributed by atoms with Crippen molar-refractivity contribution < 1.29 is 30.6 Å². The van der Waals surface area contributed by atoms with Gasteiger partial charge in [-0.05, 0) is 18.6 Å². The first-order valence-corrected chi connectivity index (χ1v) is 10.7. The largest absolute Gasteiger partial charge is 0.534 e. The van der Waals surface area contributed by atoms with Gasteiger partial charge in [0.25, 0.3) is 11.5 Å². The second-order valence-electron chi connectivity index (χ2n) is 6.13. The monoisotopic (exact) mass is 473 g/mol. The maximum absolute atomic E-state index is 12.5. The number of halogens is 3. The predicted octanol–water partition coefficient (Wildman–Crippen LogP) is 2.76. The minimum atomic E-state index is -5.90. The van der Waals surface area contributed by atoms with E-state index in [4.69, 9.17) is 0 Å². The number of pyridine rings is 1. The lowest BCUT2D eigenvalue weighted by molar-refractivity contribution is -0.0500. The van der Waals surface area contributed by atoms with E-state index in [9.17, 15) is 31.2 Å². The van der Waals surface area contributed by atoms with E-state index < -0.39 is 32.8 Å². The summed E-state index contributed by atoms with van der Waals surface area (Å²) >= 11 is 0.894. The van der Waals surface area contributed by atoms with Gasteiger partial charge in [0.1, 0.15) is 10.6 Å². The first-order valence-electron chi connectivity index (χ1n) is 8.51. The van der Waals surface area contributed by atoms with E-state index in [2.05, 4.69) is 14.5 Å². The summed E-state index contributed by atoms with van der Waals surface area (Å²) in [5, 5.41) is 2.82. The van der Waals surface area contributed by atoms with Gasteiger partial charge in [0.2, 0.25) is 0 Å². The number of thiazole rings is 1. The summed E-state index contributed by atoms with van der Waals surface area (Å²) in [6, 6.07) is 10.6. The Labute approximate surface area is 178 Å². The quantitative estimate of drug-likeness (QED) is 0.436. The number of nitrogens with zero attached hydrogens (tertiary/aromatic N) is 2. The summed E-state index contributed by atoms with van der Waals surface area (Å²) in [5.74, 6) is -1.21. The summed E-state index contributed by atoms with van der Waals surface area (Å²) in [6.07, 6.45) is 1.01. The second kappa shape index (κ2) is 8.51. The van der Waals surface area contributed by atoms with Crippen LogP contribution in [0, 0.1) is 6.92 Å². The van der Waals surface area contributed by atoms with Crippen molar-refractivity contribution in [3.05, 3.63) is 75.1 Å². The zero-order chi connectivity index (χ0) is 22.8. The highest BCUT2D eigenvalue weighted by Gasteiger charge is 2.48. The Hall–Kier alpha value is -3.19. The number of hydrogen-bond acceptors (Lipinski definition) is 7. The number of carbonyl (C=O) groups excluding carboxylic acids is 1. The number of hydrogen-bond donors (Lipinski definition) is 1. The van der Waals surface area contributed by atoms with E-state index >= 15 is 0 Å². The molecule has 3 rings (SSSR count). The van der Waals surface area contributed by atoms with Crippen LogP contribution in [0.4, 0.5) is 13.2 Å². The molecule has 0 bridgehead atoms. The highest BCUT2D eigenvalue weighted by Crippen LogP contribution is 2.27. The summed E-state index contributed by atoms with van der Waals surface area (Å²) in [4.78, 5) is 29.1. The predicted molar refractivity (Wildman–Crippen MR) is 106 cm³/mol. The van der Waals surface area contributed by atoms with Gasteiger partial charge in [-0.2, -0.15) is 21.6 Å². The number of alkyl halides is 3. The number of aromatic nitrogens is 2. The van der Waals surface area contributed by atoms with E-state index in [0.29, 0.717) is 11.8 Å². The molecule has 1 aromatic carbocycles. The highest BCUT2D eigenvalue weighted by atomic mass is 32.2. The van der Waals surface area contributed by atoms with Gasteiger partial charge in [0, 0.05) is 18.8 Å². The van der Waals surface area contributed by atoms with Gasteiger partial charge < -0.3 is 9.50 Å². The van der Waals surface area contributed by atoms with Crippen molar-refractivity contribution in [1.82, 2.24) is 14.9 Å². The van der Waals surface area contributed by atoms with Crippen LogP contribution in [0.15, 0.2) is 53.5 Å². The SMILES string of the molecule is Cc1nc(-n2ccc(OS(=O)(=O)C(F)(F)F)cc2=O)sc1C(=O)NCc1ccccc1. The van der Waals surface area contributed by atoms with E-state index in [1.165, 1.54) is 0 Å². The molecule has 0 aliphatic heterocycles. The van der Waals surface area contributed by atoms with Gasteiger partial charge in [0.05, 0.1) is 5.69 Å². The van der Waals surface area contributed by atoms with Crippen molar-refractivity contribution in [2.24, 2.45) is 0 Å². The lowest BCUT2D eigenvalue weighted by Crippen LogP contribution is -2.28. The van der Waals surface area contributed by atoms with Crippen molar-refractivity contribution in [3.63, 3.8) is 0 Å². The maximum Gasteiger partial charge on any atom is 0.534 e. The van der Waals surface area contributed by atoms with Crippen LogP contribution >= 0.6 is 11.3 Å². The van der Waals surface area contributed by atoms with Gasteiger partial charge in [-0.3, -0.25) is 14.2 Å². The van der Waals surface area contributed by atoms with Crippen molar-refractivity contribution in [3.8, 4) is 10.9 Å². The molecule has 0 fully saturated rings. The first kappa shape index (κ1) is 22.5. The van der Waals surface area contributed by atoms with Crippen molar-refractivity contribution in [2.45, 2.75) is 19.0 Å². The van der Waals surface area contributed by atoms with Crippen LogP contribution in [0.3, 0.4) is 0 Å². The number of carbonyl (C=O) groups is 1. The molecule has 0 spiro atoms. The number of amides is 1. The van der Waals surface area contributed by atoms with Gasteiger partial charge in [-0.15, -0.1) is 0 Å². The Morgan fingerprint density at radius 2 is 1.90 bits per heavy atom. The van der Waals surface area contributed by atoms with E-state index in [0.717, 1.165) is 33.7 Å². The fraction of sp³-hybridized carbons (Fsp3) is 0.167. The molecule has 2 heterocycles. The number of benzene rings is 1. The third-order valence-corrected chi connectivity index (χ3v) is 6.01. The molecule has 3 aromatic rings. The number of aryl methyl sites for hydroxylation is 1. The Kier molecular flexibility index (Phi) is 6.18. The van der Waals surface area contributed by atoms with Crippen LogP contribution in [-0.2, 0) is 16.7 Å². The molecule has 0 atom stereocenters. The Bertz CT molecular complexity index is 1270. The molecule has 31 heavy (non-hydrogen) atoms. The van der Waals surface area contributed by atoms with E-state index in [-0.39, 0.29) is 16.6 Å². The highest BCUT2D eigenvalue weighted by molar-refractivity contribution is 7.88. The van der Waals surface area contributed by atoms with Crippen LogP contribution < -0.4 is 15.1 Å². The summed E-state index contributed by atoms with van der Waals surface area (Å²) < 4.78 is 64.3. The van der Waals surface area contributed by atoms with Crippen LogP contribution in [0.25, 0.3) is 5.13 Å². The smallest absolute Gasteiger partial charge is 0.376 e. The molecule has 0 saturated heterocycles. The third kappa shape index (κ3) is 5.11. The van der Waals surface area contributed by atoms with Crippen LogP contribution in [0.1, 0.15) is 20.9 Å². The van der Waals surface area contributed by atoms with Gasteiger partial charge >= 0.3 is 15.6 Å². The van der Waals surface area contributed by atoms with Gasteiger partial charge in [0.15, 0.2) is 5.13 Å². The molecular weight excluding hydrogens is 459 g/mol. The number of rotatable bonds is 6. The van der Waals surface area contributed by atoms with Crippen molar-refractivity contribution in [2.75, 3.05) is 0 Å². The topological polar surface area (TPSA) is 107 Å². The maximum atomic E-state index is 12.5. The third-order valence-electron chi connectivity index (χ3n) is 3.87. The Balaban J connectivity index is 1.79. The van der Waals surface area contributed by atoms with Crippen molar-refractivity contribution >= 4 is 27.4 Å². The second-order valence-corrected chi connectivity index (χ2v) is 8.65. The molecule has 1 N–H and O–H groups in total. The molecule has 0 aliphatic carbocycles. The standard InChI is InChI=1S/C18H14F3N3O5S2/c1-11-15(16(26)22-10-12-5-3-2-4-6-12)30-17(23-11)24-8-7-13(9-14(24)25)29-31(27,28)18(19,20)21/h2-9H,10H2,1H3,(H,22,26). The molecule has 8 nitrogen and oxygen atoms in total. The van der Waals surface area contributed by atoms with E-state index in [1.807, 2.05) is 30.3 Å². The molecule has 0 unspecified atom stereocenters. The molecule has 0 aliphatic rings. The van der Waals surface area contributed by atoms with Crippen molar-refractivity contribution in [1.29, 1.82) is 0 Å². The number of nitrogens with one attached hydrogen (secondary N) is 1. The molecule has 1 amide bonds. The lowest BCUT2D eigenvalue weighted by Gasteiger charge is -2.09. The Morgan fingerprint density at radius 3 is 2.52 bits per heavy atom. The first-order chi connectivity index (χ1) is 14.5. The van der Waals surface area contributed by atoms with Gasteiger partial charge in [-0.1, -0.05) is 41.7 Å². The fourth-order valence-corrected chi connectivity index (χ4v) is 3.82. The van der Waals surface area contributed by atoms with Crippen LogP contribution in [0.2, 0.25) is 0 Å². The Morgan fingerprint density at radius 1 is 1.23 bits per heavy atom. The molecule has 13 heteroatoms. The zero-order valence-electron chi connectivity index (χ0n) is 15.7. The van der Waals surface area contributed by atoms with Crippen LogP contribution in [0.5, 0.6) is 5.75 Å². The van der Waals surface area contributed by atoms with Crippen LogP contribution in [-0.4, -0.2) is 29.4 Å². The summed E-state index contributed by atoms with van der Waals surface area (Å²) in [7, 11) is -5.90. The fourth-order valence-electron chi connectivity index (χ4n) is 2.40. The zero-order valence-corrected chi connectivity index (χ0v) is 17.3. The minimum Gasteiger partial charge on any atom is -0.376 e. The minimum absolute atomic E-state index is 0.0811.